The molecule has 1 saturated heterocycles. The monoisotopic (exact) mass is 336 g/mol. The van der Waals surface area contributed by atoms with Crippen LogP contribution in [0.1, 0.15) is 16.8 Å². The van der Waals surface area contributed by atoms with E-state index in [0.717, 1.165) is 12.2 Å². The van der Waals surface area contributed by atoms with Gasteiger partial charge in [0.1, 0.15) is 11.9 Å². The zero-order chi connectivity index (χ0) is 15.5. The SMILES string of the molecule is O=C(c1cc(Cl)ccc1Cl)N1CCC(Oc2ccncc2)C1. The minimum atomic E-state index is -0.117. The van der Waals surface area contributed by atoms with Crippen LogP contribution in [0.5, 0.6) is 5.75 Å². The first-order chi connectivity index (χ1) is 10.6. The van der Waals surface area contributed by atoms with E-state index in [9.17, 15) is 4.79 Å². The highest BCUT2D eigenvalue weighted by molar-refractivity contribution is 6.35. The summed E-state index contributed by atoms with van der Waals surface area (Å²) in [5.41, 5.74) is 0.429. The van der Waals surface area contributed by atoms with Crippen LogP contribution in [0.3, 0.4) is 0 Å². The highest BCUT2D eigenvalue weighted by atomic mass is 35.5. The fraction of sp³-hybridized carbons (Fsp3) is 0.250. The molecule has 3 rings (SSSR count). The van der Waals surface area contributed by atoms with E-state index in [1.165, 1.54) is 0 Å². The van der Waals surface area contributed by atoms with Gasteiger partial charge in [-0.1, -0.05) is 23.2 Å². The molecule has 0 aliphatic carbocycles. The van der Waals surface area contributed by atoms with E-state index in [4.69, 9.17) is 27.9 Å². The zero-order valence-corrected chi connectivity index (χ0v) is 13.2. The summed E-state index contributed by atoms with van der Waals surface area (Å²) < 4.78 is 5.85. The Kier molecular flexibility index (Phi) is 4.50. The number of hydrogen-bond donors (Lipinski definition) is 0. The number of hydrogen-bond acceptors (Lipinski definition) is 3. The summed E-state index contributed by atoms with van der Waals surface area (Å²) >= 11 is 12.0. The Labute approximate surface area is 138 Å². The number of likely N-dealkylation sites (tertiary alicyclic amines) is 1. The second-order valence-electron chi connectivity index (χ2n) is 5.09. The fourth-order valence-electron chi connectivity index (χ4n) is 2.45. The van der Waals surface area contributed by atoms with E-state index in [1.807, 2.05) is 0 Å². The normalized spacial score (nSPS) is 17.5. The Morgan fingerprint density at radius 2 is 2.00 bits per heavy atom. The van der Waals surface area contributed by atoms with Crippen LogP contribution in [0.2, 0.25) is 10.0 Å². The number of carbonyl (C=O) groups excluding carboxylic acids is 1. The smallest absolute Gasteiger partial charge is 0.255 e. The number of benzene rings is 1. The average Bonchev–Trinajstić information content (AvgIpc) is 2.98. The van der Waals surface area contributed by atoms with Gasteiger partial charge < -0.3 is 9.64 Å². The van der Waals surface area contributed by atoms with Crippen molar-refractivity contribution in [2.24, 2.45) is 0 Å². The molecular weight excluding hydrogens is 323 g/mol. The van der Waals surface area contributed by atoms with Crippen LogP contribution in [0.15, 0.2) is 42.7 Å². The molecule has 1 amide bonds. The molecule has 2 heterocycles. The molecule has 0 saturated carbocycles. The van der Waals surface area contributed by atoms with Gasteiger partial charge >= 0.3 is 0 Å². The van der Waals surface area contributed by atoms with Crippen molar-refractivity contribution in [2.45, 2.75) is 12.5 Å². The second kappa shape index (κ2) is 6.55. The summed E-state index contributed by atoms with van der Waals surface area (Å²) in [4.78, 5) is 18.2. The summed E-state index contributed by atoms with van der Waals surface area (Å²) in [5, 5.41) is 0.907. The minimum absolute atomic E-state index is 0.0238. The van der Waals surface area contributed by atoms with E-state index in [1.54, 1.807) is 47.6 Å². The van der Waals surface area contributed by atoms with Crippen molar-refractivity contribution < 1.29 is 9.53 Å². The molecule has 0 bridgehead atoms. The maximum Gasteiger partial charge on any atom is 0.255 e. The molecule has 1 aromatic carbocycles. The molecule has 114 valence electrons. The Morgan fingerprint density at radius 3 is 2.77 bits per heavy atom. The Balaban J connectivity index is 1.67. The van der Waals surface area contributed by atoms with Crippen LogP contribution in [0.25, 0.3) is 0 Å². The van der Waals surface area contributed by atoms with Crippen molar-refractivity contribution in [3.63, 3.8) is 0 Å². The van der Waals surface area contributed by atoms with Gasteiger partial charge in [0.25, 0.3) is 5.91 Å². The second-order valence-corrected chi connectivity index (χ2v) is 5.93. The predicted molar refractivity (Wildman–Crippen MR) is 85.6 cm³/mol. The molecule has 0 N–H and O–H groups in total. The molecule has 22 heavy (non-hydrogen) atoms. The number of carbonyl (C=O) groups is 1. The van der Waals surface area contributed by atoms with Crippen LogP contribution in [-0.4, -0.2) is 35.0 Å². The van der Waals surface area contributed by atoms with Crippen molar-refractivity contribution in [3.8, 4) is 5.75 Å². The number of halogens is 2. The molecule has 1 aliphatic heterocycles. The summed E-state index contributed by atoms with van der Waals surface area (Å²) in [5.74, 6) is 0.642. The molecule has 0 radical (unpaired) electrons. The number of amides is 1. The molecular formula is C16H14Cl2N2O2. The highest BCUT2D eigenvalue weighted by Gasteiger charge is 2.29. The number of aromatic nitrogens is 1. The number of nitrogens with zero attached hydrogens (tertiary/aromatic N) is 2. The van der Waals surface area contributed by atoms with Crippen molar-refractivity contribution in [1.29, 1.82) is 0 Å². The summed E-state index contributed by atoms with van der Waals surface area (Å²) in [6.45, 7) is 1.17. The van der Waals surface area contributed by atoms with E-state index in [0.29, 0.717) is 28.7 Å². The third-order valence-corrected chi connectivity index (χ3v) is 4.11. The molecule has 6 heteroatoms. The third-order valence-electron chi connectivity index (χ3n) is 3.54. The first kappa shape index (κ1) is 15.1. The maximum atomic E-state index is 12.5. The number of rotatable bonds is 3. The molecule has 1 fully saturated rings. The van der Waals surface area contributed by atoms with Crippen molar-refractivity contribution in [2.75, 3.05) is 13.1 Å². The van der Waals surface area contributed by atoms with Gasteiger partial charge in [-0.2, -0.15) is 0 Å². The van der Waals surface area contributed by atoms with E-state index in [-0.39, 0.29) is 12.0 Å². The Bertz CT molecular complexity index is 679. The average molecular weight is 337 g/mol. The van der Waals surface area contributed by atoms with Crippen molar-refractivity contribution in [1.82, 2.24) is 9.88 Å². The van der Waals surface area contributed by atoms with E-state index >= 15 is 0 Å². The summed E-state index contributed by atoms with van der Waals surface area (Å²) in [6.07, 6.45) is 4.12. The lowest BCUT2D eigenvalue weighted by Gasteiger charge is -2.18. The van der Waals surface area contributed by atoms with Gasteiger partial charge in [0.2, 0.25) is 0 Å². The van der Waals surface area contributed by atoms with Gasteiger partial charge in [-0.3, -0.25) is 9.78 Å². The quantitative estimate of drug-likeness (QED) is 0.858. The Morgan fingerprint density at radius 1 is 1.23 bits per heavy atom. The van der Waals surface area contributed by atoms with Crippen LogP contribution in [-0.2, 0) is 0 Å². The molecule has 1 aliphatic rings. The summed E-state index contributed by atoms with van der Waals surface area (Å²) in [7, 11) is 0. The van der Waals surface area contributed by atoms with Crippen LogP contribution in [0.4, 0.5) is 0 Å². The molecule has 4 nitrogen and oxygen atoms in total. The molecule has 2 aromatic rings. The number of ether oxygens (including phenoxy) is 1. The molecule has 1 atom stereocenters. The van der Waals surface area contributed by atoms with Gasteiger partial charge in [0.15, 0.2) is 0 Å². The topological polar surface area (TPSA) is 42.4 Å². The first-order valence-electron chi connectivity index (χ1n) is 6.94. The highest BCUT2D eigenvalue weighted by Crippen LogP contribution is 2.25. The van der Waals surface area contributed by atoms with Crippen molar-refractivity contribution >= 4 is 29.1 Å². The third kappa shape index (κ3) is 3.34. The lowest BCUT2D eigenvalue weighted by atomic mass is 10.2. The van der Waals surface area contributed by atoms with E-state index in [2.05, 4.69) is 4.98 Å². The van der Waals surface area contributed by atoms with Gasteiger partial charge in [-0.05, 0) is 30.3 Å². The summed E-state index contributed by atoms with van der Waals surface area (Å²) in [6, 6.07) is 8.51. The number of pyridine rings is 1. The van der Waals surface area contributed by atoms with Crippen LogP contribution in [0, 0.1) is 0 Å². The lowest BCUT2D eigenvalue weighted by molar-refractivity contribution is 0.0772. The predicted octanol–water partition coefficient (Wildman–Crippen LogP) is 3.68. The minimum Gasteiger partial charge on any atom is -0.488 e. The van der Waals surface area contributed by atoms with Gasteiger partial charge in [-0.25, -0.2) is 0 Å². The Hall–Kier alpha value is -1.78. The van der Waals surface area contributed by atoms with Gasteiger partial charge in [0.05, 0.1) is 17.1 Å². The zero-order valence-electron chi connectivity index (χ0n) is 11.7. The van der Waals surface area contributed by atoms with Gasteiger partial charge in [0, 0.05) is 30.4 Å². The standard InChI is InChI=1S/C16H14Cl2N2O2/c17-11-1-2-15(18)14(9-11)16(21)20-8-5-13(10-20)22-12-3-6-19-7-4-12/h1-4,6-7,9,13H,5,8,10H2. The van der Waals surface area contributed by atoms with Crippen molar-refractivity contribution in [3.05, 3.63) is 58.3 Å². The van der Waals surface area contributed by atoms with Crippen LogP contribution >= 0.6 is 23.2 Å². The molecule has 1 aromatic heterocycles. The van der Waals surface area contributed by atoms with Crippen LogP contribution < -0.4 is 4.74 Å². The molecule has 0 spiro atoms. The first-order valence-corrected chi connectivity index (χ1v) is 7.70. The largest absolute Gasteiger partial charge is 0.488 e. The fourth-order valence-corrected chi connectivity index (χ4v) is 2.82. The van der Waals surface area contributed by atoms with E-state index < -0.39 is 0 Å². The van der Waals surface area contributed by atoms with Gasteiger partial charge in [-0.15, -0.1) is 0 Å². The lowest BCUT2D eigenvalue weighted by Crippen LogP contribution is -2.31. The maximum absolute atomic E-state index is 12.5. The molecule has 1 unspecified atom stereocenters.